The van der Waals surface area contributed by atoms with Crippen molar-refractivity contribution < 1.29 is 14.7 Å². The Bertz CT molecular complexity index is 206. The van der Waals surface area contributed by atoms with E-state index >= 15 is 0 Å². The molecule has 0 spiro atoms. The van der Waals surface area contributed by atoms with Crippen LogP contribution in [-0.4, -0.2) is 17.0 Å². The number of amides is 1. The number of nitrogens with two attached hydrogens (primary N) is 1. The summed E-state index contributed by atoms with van der Waals surface area (Å²) in [5.74, 6) is -1.46. The predicted molar refractivity (Wildman–Crippen MR) is 42.3 cm³/mol. The van der Waals surface area contributed by atoms with E-state index in [0.29, 0.717) is 12.3 Å². The van der Waals surface area contributed by atoms with E-state index < -0.39 is 17.3 Å². The van der Waals surface area contributed by atoms with Crippen LogP contribution in [0.1, 0.15) is 26.2 Å². The number of carboxylic acids is 1. The van der Waals surface area contributed by atoms with Gasteiger partial charge in [-0.3, -0.25) is 9.59 Å². The molecule has 0 bridgehead atoms. The number of hydrogen-bond donors (Lipinski definition) is 2. The fourth-order valence-electron chi connectivity index (χ4n) is 1.19. The molecule has 1 atom stereocenters. The molecule has 0 aliphatic heterocycles. The van der Waals surface area contributed by atoms with Crippen LogP contribution in [0.25, 0.3) is 0 Å². The van der Waals surface area contributed by atoms with Crippen molar-refractivity contribution in [2.45, 2.75) is 26.2 Å². The summed E-state index contributed by atoms with van der Waals surface area (Å²) < 4.78 is 0. The number of carbonyl (C=O) groups excluding carboxylic acids is 1. The lowest BCUT2D eigenvalue weighted by Crippen LogP contribution is -2.41. The lowest BCUT2D eigenvalue weighted by atomic mass is 9.84. The minimum absolute atomic E-state index is 0.387. The highest BCUT2D eigenvalue weighted by molar-refractivity contribution is 6.00. The minimum atomic E-state index is -1.36. The first-order valence-electron chi connectivity index (χ1n) is 4.00. The summed E-state index contributed by atoms with van der Waals surface area (Å²) in [5.41, 5.74) is 3.67. The first-order valence-corrected chi connectivity index (χ1v) is 4.00. The first-order chi connectivity index (χ1) is 5.47. The van der Waals surface area contributed by atoms with E-state index in [9.17, 15) is 9.59 Å². The SMILES string of the molecule is CC(CC1CC1)(C(N)=O)C(=O)O. The summed E-state index contributed by atoms with van der Waals surface area (Å²) in [7, 11) is 0. The van der Waals surface area contributed by atoms with E-state index in [0.717, 1.165) is 12.8 Å². The molecule has 1 aliphatic rings. The van der Waals surface area contributed by atoms with Crippen molar-refractivity contribution in [3.8, 4) is 0 Å². The summed E-state index contributed by atoms with van der Waals surface area (Å²) in [6, 6.07) is 0. The van der Waals surface area contributed by atoms with Gasteiger partial charge in [-0.15, -0.1) is 0 Å². The third kappa shape index (κ3) is 1.57. The Balaban J connectivity index is 2.69. The molecular weight excluding hydrogens is 158 g/mol. The molecule has 0 aromatic carbocycles. The number of primary amides is 1. The Labute approximate surface area is 70.7 Å². The van der Waals surface area contributed by atoms with Gasteiger partial charge in [0.05, 0.1) is 0 Å². The lowest BCUT2D eigenvalue weighted by Gasteiger charge is -2.19. The van der Waals surface area contributed by atoms with Crippen LogP contribution in [0.15, 0.2) is 0 Å². The molecule has 1 rings (SSSR count). The van der Waals surface area contributed by atoms with Crippen molar-refractivity contribution in [1.29, 1.82) is 0 Å². The van der Waals surface area contributed by atoms with Crippen LogP contribution >= 0.6 is 0 Å². The highest BCUT2D eigenvalue weighted by Crippen LogP contribution is 2.40. The lowest BCUT2D eigenvalue weighted by molar-refractivity contribution is -0.154. The van der Waals surface area contributed by atoms with E-state index in [1.54, 1.807) is 0 Å². The van der Waals surface area contributed by atoms with E-state index in [2.05, 4.69) is 0 Å². The zero-order valence-corrected chi connectivity index (χ0v) is 7.04. The van der Waals surface area contributed by atoms with Gasteiger partial charge in [0.1, 0.15) is 5.41 Å². The molecule has 0 saturated heterocycles. The molecule has 1 amide bonds. The number of aliphatic carboxylic acids is 1. The normalized spacial score (nSPS) is 21.4. The maximum atomic E-state index is 10.9. The van der Waals surface area contributed by atoms with Gasteiger partial charge in [0, 0.05) is 0 Å². The highest BCUT2D eigenvalue weighted by Gasteiger charge is 2.43. The van der Waals surface area contributed by atoms with Crippen LogP contribution in [0, 0.1) is 11.3 Å². The summed E-state index contributed by atoms with van der Waals surface area (Å²) in [5, 5.41) is 8.78. The molecule has 12 heavy (non-hydrogen) atoms. The van der Waals surface area contributed by atoms with E-state index in [1.807, 2.05) is 0 Å². The fraction of sp³-hybridized carbons (Fsp3) is 0.750. The Morgan fingerprint density at radius 3 is 2.33 bits per heavy atom. The molecular formula is C8H13NO3. The molecule has 4 heteroatoms. The monoisotopic (exact) mass is 171 g/mol. The summed E-state index contributed by atoms with van der Waals surface area (Å²) in [6.07, 6.45) is 2.43. The molecule has 1 fully saturated rings. The van der Waals surface area contributed by atoms with Crippen molar-refractivity contribution >= 4 is 11.9 Å². The molecule has 3 N–H and O–H groups in total. The topological polar surface area (TPSA) is 80.4 Å². The molecule has 1 unspecified atom stereocenters. The van der Waals surface area contributed by atoms with Crippen LogP contribution in [0.4, 0.5) is 0 Å². The van der Waals surface area contributed by atoms with Gasteiger partial charge in [-0.05, 0) is 19.3 Å². The average Bonchev–Trinajstić information content (AvgIpc) is 2.70. The third-order valence-corrected chi connectivity index (χ3v) is 2.41. The molecule has 4 nitrogen and oxygen atoms in total. The Kier molecular flexibility index (Phi) is 2.08. The van der Waals surface area contributed by atoms with Crippen LogP contribution in [0.2, 0.25) is 0 Å². The van der Waals surface area contributed by atoms with Gasteiger partial charge >= 0.3 is 5.97 Å². The number of carbonyl (C=O) groups is 2. The van der Waals surface area contributed by atoms with Crippen LogP contribution in [-0.2, 0) is 9.59 Å². The standard InChI is InChI=1S/C8H13NO3/c1-8(6(9)10,7(11)12)4-5-2-3-5/h5H,2-4H2,1H3,(H2,9,10)(H,11,12). The van der Waals surface area contributed by atoms with Crippen LogP contribution in [0.3, 0.4) is 0 Å². The van der Waals surface area contributed by atoms with Gasteiger partial charge < -0.3 is 10.8 Å². The summed E-state index contributed by atoms with van der Waals surface area (Å²) in [4.78, 5) is 21.6. The number of rotatable bonds is 4. The quantitative estimate of drug-likeness (QED) is 0.599. The van der Waals surface area contributed by atoms with Gasteiger partial charge in [0.15, 0.2) is 0 Å². The van der Waals surface area contributed by atoms with Crippen molar-refractivity contribution in [2.24, 2.45) is 17.1 Å². The zero-order valence-electron chi connectivity index (χ0n) is 7.04. The first kappa shape index (κ1) is 9.03. The Hall–Kier alpha value is -1.06. The zero-order chi connectivity index (χ0) is 9.35. The highest BCUT2D eigenvalue weighted by atomic mass is 16.4. The largest absolute Gasteiger partial charge is 0.480 e. The molecule has 0 aromatic heterocycles. The Morgan fingerprint density at radius 1 is 1.58 bits per heavy atom. The molecule has 0 heterocycles. The predicted octanol–water partition coefficient (Wildman–Crippen LogP) is 0.363. The average molecular weight is 171 g/mol. The van der Waals surface area contributed by atoms with Crippen LogP contribution in [0.5, 0.6) is 0 Å². The van der Waals surface area contributed by atoms with Gasteiger partial charge in [-0.1, -0.05) is 12.8 Å². The smallest absolute Gasteiger partial charge is 0.318 e. The minimum Gasteiger partial charge on any atom is -0.480 e. The van der Waals surface area contributed by atoms with E-state index in [1.165, 1.54) is 6.92 Å². The molecule has 0 radical (unpaired) electrons. The molecule has 0 aromatic rings. The second-order valence-corrected chi connectivity index (χ2v) is 3.65. The van der Waals surface area contributed by atoms with Crippen molar-refractivity contribution in [3.05, 3.63) is 0 Å². The molecule has 68 valence electrons. The van der Waals surface area contributed by atoms with Crippen molar-refractivity contribution in [1.82, 2.24) is 0 Å². The Morgan fingerprint density at radius 2 is 2.08 bits per heavy atom. The van der Waals surface area contributed by atoms with Crippen molar-refractivity contribution in [3.63, 3.8) is 0 Å². The van der Waals surface area contributed by atoms with Gasteiger partial charge in [-0.2, -0.15) is 0 Å². The summed E-state index contributed by atoms with van der Waals surface area (Å²) in [6.45, 7) is 1.40. The maximum absolute atomic E-state index is 10.9. The number of carboxylic acid groups (broad SMARTS) is 1. The maximum Gasteiger partial charge on any atom is 0.318 e. The van der Waals surface area contributed by atoms with E-state index in [4.69, 9.17) is 10.8 Å². The third-order valence-electron chi connectivity index (χ3n) is 2.41. The van der Waals surface area contributed by atoms with Crippen LogP contribution < -0.4 is 5.73 Å². The van der Waals surface area contributed by atoms with Gasteiger partial charge in [-0.25, -0.2) is 0 Å². The second kappa shape index (κ2) is 2.77. The molecule has 1 aliphatic carbocycles. The summed E-state index contributed by atoms with van der Waals surface area (Å²) >= 11 is 0. The van der Waals surface area contributed by atoms with E-state index in [-0.39, 0.29) is 0 Å². The number of hydrogen-bond acceptors (Lipinski definition) is 2. The van der Waals surface area contributed by atoms with Gasteiger partial charge in [0.25, 0.3) is 0 Å². The van der Waals surface area contributed by atoms with Gasteiger partial charge in [0.2, 0.25) is 5.91 Å². The second-order valence-electron chi connectivity index (χ2n) is 3.65. The van der Waals surface area contributed by atoms with Crippen molar-refractivity contribution in [2.75, 3.05) is 0 Å². The molecule has 1 saturated carbocycles. The fourth-order valence-corrected chi connectivity index (χ4v) is 1.19.